The average Bonchev–Trinajstić information content (AvgIpc) is 2.87. The van der Waals surface area contributed by atoms with E-state index < -0.39 is 5.97 Å². The van der Waals surface area contributed by atoms with E-state index in [1.807, 2.05) is 6.07 Å². The summed E-state index contributed by atoms with van der Waals surface area (Å²) in [4.78, 5) is 11.4. The van der Waals surface area contributed by atoms with E-state index in [-0.39, 0.29) is 5.69 Å². The van der Waals surface area contributed by atoms with Crippen LogP contribution in [-0.2, 0) is 4.74 Å². The molecule has 0 saturated carbocycles. The molecule has 0 bridgehead atoms. The van der Waals surface area contributed by atoms with Gasteiger partial charge in [0, 0.05) is 5.56 Å². The van der Waals surface area contributed by atoms with Crippen LogP contribution in [0.25, 0.3) is 11.3 Å². The van der Waals surface area contributed by atoms with Crippen LogP contribution in [0.1, 0.15) is 16.1 Å². The Balaban J connectivity index is 2.43. The van der Waals surface area contributed by atoms with Crippen LogP contribution in [0.15, 0.2) is 24.3 Å². The summed E-state index contributed by atoms with van der Waals surface area (Å²) >= 11 is 0. The number of hydrogen-bond acceptors (Lipinski definition) is 5. The molecule has 0 atom stereocenters. The first kappa shape index (κ1) is 10.8. The maximum absolute atomic E-state index is 11.4. The molecule has 1 N–H and O–H groups in total. The molecule has 0 aliphatic heterocycles. The van der Waals surface area contributed by atoms with Gasteiger partial charge in [-0.15, -0.1) is 5.10 Å². The van der Waals surface area contributed by atoms with Gasteiger partial charge >= 0.3 is 5.97 Å². The number of nitrogens with zero attached hydrogens (tertiary/aromatic N) is 3. The molecular weight excluding hydrogens is 220 g/mol. The molecule has 0 aliphatic carbocycles. The standard InChI is InChI=1S/C11H8N4O2/c1-17-11(16)10-9(13-15-14-10)8-4-2-7(6-12)3-5-8/h2-5H,1H3,(H,13,14,15). The Morgan fingerprint density at radius 1 is 1.35 bits per heavy atom. The van der Waals surface area contributed by atoms with Gasteiger partial charge in [0.25, 0.3) is 0 Å². The third-order valence-corrected chi connectivity index (χ3v) is 2.21. The molecule has 0 unspecified atom stereocenters. The topological polar surface area (TPSA) is 91.7 Å². The van der Waals surface area contributed by atoms with Crippen LogP contribution in [-0.4, -0.2) is 28.5 Å². The predicted octanol–water partition coefficient (Wildman–Crippen LogP) is 1.13. The quantitative estimate of drug-likeness (QED) is 0.778. The van der Waals surface area contributed by atoms with Crippen molar-refractivity contribution in [2.45, 2.75) is 0 Å². The number of benzene rings is 1. The van der Waals surface area contributed by atoms with Crippen molar-refractivity contribution in [1.29, 1.82) is 5.26 Å². The lowest BCUT2D eigenvalue weighted by atomic mass is 10.1. The lowest BCUT2D eigenvalue weighted by Crippen LogP contribution is -2.03. The maximum Gasteiger partial charge on any atom is 0.360 e. The second kappa shape index (κ2) is 4.45. The third-order valence-electron chi connectivity index (χ3n) is 2.21. The number of carbonyl (C=O) groups is 1. The molecule has 2 rings (SSSR count). The van der Waals surface area contributed by atoms with Crippen molar-refractivity contribution >= 4 is 5.97 Å². The number of methoxy groups -OCH3 is 1. The normalized spacial score (nSPS) is 9.65. The maximum atomic E-state index is 11.4. The lowest BCUT2D eigenvalue weighted by molar-refractivity contribution is 0.0595. The van der Waals surface area contributed by atoms with Gasteiger partial charge in [-0.2, -0.15) is 15.6 Å². The van der Waals surface area contributed by atoms with E-state index in [1.54, 1.807) is 24.3 Å². The molecule has 6 nitrogen and oxygen atoms in total. The largest absolute Gasteiger partial charge is 0.464 e. The highest BCUT2D eigenvalue weighted by Gasteiger charge is 2.17. The highest BCUT2D eigenvalue weighted by molar-refractivity contribution is 5.93. The fraction of sp³-hybridized carbons (Fsp3) is 0.0909. The van der Waals surface area contributed by atoms with Gasteiger partial charge < -0.3 is 4.74 Å². The summed E-state index contributed by atoms with van der Waals surface area (Å²) in [5.41, 5.74) is 1.76. The van der Waals surface area contributed by atoms with E-state index in [0.29, 0.717) is 16.8 Å². The minimum Gasteiger partial charge on any atom is -0.464 e. The van der Waals surface area contributed by atoms with Crippen LogP contribution in [0.4, 0.5) is 0 Å². The number of nitrogens with one attached hydrogen (secondary N) is 1. The van der Waals surface area contributed by atoms with Crippen molar-refractivity contribution in [2.24, 2.45) is 0 Å². The molecule has 17 heavy (non-hydrogen) atoms. The SMILES string of the molecule is COC(=O)c1n[nH]nc1-c1ccc(C#N)cc1. The Morgan fingerprint density at radius 3 is 2.65 bits per heavy atom. The molecule has 0 spiro atoms. The first-order chi connectivity index (χ1) is 8.26. The molecule has 6 heteroatoms. The number of nitriles is 1. The zero-order valence-corrected chi connectivity index (χ0v) is 8.97. The number of ether oxygens (including phenoxy) is 1. The smallest absolute Gasteiger partial charge is 0.360 e. The molecule has 0 fully saturated rings. The Morgan fingerprint density at radius 2 is 2.06 bits per heavy atom. The van der Waals surface area contributed by atoms with Crippen LogP contribution in [0.3, 0.4) is 0 Å². The summed E-state index contributed by atoms with van der Waals surface area (Å²) in [6.07, 6.45) is 0. The van der Waals surface area contributed by atoms with E-state index in [0.717, 1.165) is 0 Å². The van der Waals surface area contributed by atoms with Crippen LogP contribution in [0.2, 0.25) is 0 Å². The zero-order valence-electron chi connectivity index (χ0n) is 8.97. The van der Waals surface area contributed by atoms with E-state index in [2.05, 4.69) is 20.1 Å². The van der Waals surface area contributed by atoms with Crippen LogP contribution >= 0.6 is 0 Å². The molecule has 1 heterocycles. The van der Waals surface area contributed by atoms with Gasteiger partial charge in [0.1, 0.15) is 5.69 Å². The minimum absolute atomic E-state index is 0.122. The minimum atomic E-state index is -0.557. The molecule has 1 aromatic heterocycles. The molecule has 1 aromatic carbocycles. The average molecular weight is 228 g/mol. The van der Waals surface area contributed by atoms with Crippen LogP contribution < -0.4 is 0 Å². The highest BCUT2D eigenvalue weighted by Crippen LogP contribution is 2.20. The Hall–Kier alpha value is -2.68. The Bertz CT molecular complexity index is 580. The molecule has 0 saturated heterocycles. The third kappa shape index (κ3) is 1.99. The second-order valence-corrected chi connectivity index (χ2v) is 3.20. The number of H-pyrrole nitrogens is 1. The molecule has 0 radical (unpaired) electrons. The van der Waals surface area contributed by atoms with Crippen molar-refractivity contribution < 1.29 is 9.53 Å². The molecule has 0 aliphatic rings. The first-order valence-electron chi connectivity index (χ1n) is 4.76. The van der Waals surface area contributed by atoms with Crippen LogP contribution in [0.5, 0.6) is 0 Å². The number of carbonyl (C=O) groups excluding carboxylic acids is 1. The number of rotatable bonds is 2. The van der Waals surface area contributed by atoms with E-state index in [9.17, 15) is 4.79 Å². The van der Waals surface area contributed by atoms with Crippen molar-refractivity contribution in [1.82, 2.24) is 15.4 Å². The van der Waals surface area contributed by atoms with E-state index in [1.165, 1.54) is 7.11 Å². The summed E-state index contributed by atoms with van der Waals surface area (Å²) < 4.78 is 4.59. The molecular formula is C11H8N4O2. The van der Waals surface area contributed by atoms with Crippen molar-refractivity contribution in [2.75, 3.05) is 7.11 Å². The fourth-order valence-electron chi connectivity index (χ4n) is 1.37. The monoisotopic (exact) mass is 228 g/mol. The van der Waals surface area contributed by atoms with Gasteiger partial charge in [-0.1, -0.05) is 12.1 Å². The Kier molecular flexibility index (Phi) is 2.83. The van der Waals surface area contributed by atoms with Gasteiger partial charge in [-0.05, 0) is 12.1 Å². The highest BCUT2D eigenvalue weighted by atomic mass is 16.5. The van der Waals surface area contributed by atoms with Crippen molar-refractivity contribution in [3.8, 4) is 17.3 Å². The van der Waals surface area contributed by atoms with Crippen molar-refractivity contribution in [3.05, 3.63) is 35.5 Å². The van der Waals surface area contributed by atoms with Crippen LogP contribution in [0, 0.1) is 11.3 Å². The van der Waals surface area contributed by atoms with E-state index >= 15 is 0 Å². The molecule has 2 aromatic rings. The predicted molar refractivity (Wildman–Crippen MR) is 57.9 cm³/mol. The summed E-state index contributed by atoms with van der Waals surface area (Å²) in [6.45, 7) is 0. The number of aromatic amines is 1. The Labute approximate surface area is 96.8 Å². The van der Waals surface area contributed by atoms with Gasteiger partial charge in [0.15, 0.2) is 5.69 Å². The number of esters is 1. The van der Waals surface area contributed by atoms with Gasteiger partial charge in [-0.25, -0.2) is 4.79 Å². The second-order valence-electron chi connectivity index (χ2n) is 3.20. The fourth-order valence-corrected chi connectivity index (χ4v) is 1.37. The summed E-state index contributed by atoms with van der Waals surface area (Å²) in [5.74, 6) is -0.557. The first-order valence-corrected chi connectivity index (χ1v) is 4.76. The summed E-state index contributed by atoms with van der Waals surface area (Å²) in [6, 6.07) is 8.69. The zero-order chi connectivity index (χ0) is 12.3. The number of hydrogen-bond donors (Lipinski definition) is 1. The summed E-state index contributed by atoms with van der Waals surface area (Å²) in [5, 5.41) is 18.7. The van der Waals surface area contributed by atoms with Gasteiger partial charge in [0.05, 0.1) is 18.7 Å². The van der Waals surface area contributed by atoms with Gasteiger partial charge in [-0.3, -0.25) is 0 Å². The van der Waals surface area contributed by atoms with E-state index in [4.69, 9.17) is 5.26 Å². The van der Waals surface area contributed by atoms with Gasteiger partial charge in [0.2, 0.25) is 0 Å². The summed E-state index contributed by atoms with van der Waals surface area (Å²) in [7, 11) is 1.28. The lowest BCUT2D eigenvalue weighted by Gasteiger charge is -1.99. The molecule has 0 amide bonds. The van der Waals surface area contributed by atoms with Crippen molar-refractivity contribution in [3.63, 3.8) is 0 Å². The molecule has 84 valence electrons. The number of aromatic nitrogens is 3.